The van der Waals surface area contributed by atoms with Gasteiger partial charge in [-0.25, -0.2) is 4.68 Å². The normalized spacial score (nSPS) is 11.7. The molecule has 2 aromatic carbocycles. The molecule has 3 N–H and O–H groups in total. The number of fused-ring (bicyclic) bond motifs is 1. The lowest BCUT2D eigenvalue weighted by Crippen LogP contribution is -2.41. The Bertz CT molecular complexity index is 1070. The van der Waals surface area contributed by atoms with E-state index < -0.39 is 6.04 Å². The van der Waals surface area contributed by atoms with Gasteiger partial charge in [0.15, 0.2) is 0 Å². The molecule has 0 aliphatic heterocycles. The summed E-state index contributed by atoms with van der Waals surface area (Å²) in [4.78, 5) is 36.0. The Morgan fingerprint density at radius 3 is 2.33 bits per heavy atom. The maximum atomic E-state index is 12.5. The number of anilines is 2. The molecule has 9 heteroatoms. The van der Waals surface area contributed by atoms with Gasteiger partial charge in [-0.1, -0.05) is 12.1 Å². The average molecular weight is 408 g/mol. The summed E-state index contributed by atoms with van der Waals surface area (Å²) in [5.74, 6) is -0.898. The molecule has 30 heavy (non-hydrogen) atoms. The van der Waals surface area contributed by atoms with Crippen molar-refractivity contribution in [3.8, 4) is 0 Å². The number of carbonyl (C=O) groups excluding carboxylic acids is 3. The highest BCUT2D eigenvalue weighted by atomic mass is 16.2. The summed E-state index contributed by atoms with van der Waals surface area (Å²) < 4.78 is 1.80. The van der Waals surface area contributed by atoms with Crippen molar-refractivity contribution in [1.29, 1.82) is 0 Å². The molecule has 1 atom stereocenters. The van der Waals surface area contributed by atoms with Crippen molar-refractivity contribution in [2.24, 2.45) is 0 Å². The highest BCUT2D eigenvalue weighted by Gasteiger charge is 2.18. The van der Waals surface area contributed by atoms with Gasteiger partial charge >= 0.3 is 0 Å². The molecule has 3 amide bonds. The zero-order valence-electron chi connectivity index (χ0n) is 17.1. The number of hydrogen-bond donors (Lipinski definition) is 3. The molecule has 0 radical (unpaired) electrons. The molecule has 0 bridgehead atoms. The number of hydrogen-bond acceptors (Lipinski definition) is 5. The van der Waals surface area contributed by atoms with Crippen LogP contribution >= 0.6 is 0 Å². The lowest BCUT2D eigenvalue weighted by Gasteiger charge is -2.14. The van der Waals surface area contributed by atoms with Crippen LogP contribution in [0.5, 0.6) is 0 Å². The van der Waals surface area contributed by atoms with Crippen LogP contribution in [0.25, 0.3) is 11.0 Å². The molecular weight excluding hydrogens is 384 g/mol. The quantitative estimate of drug-likeness (QED) is 0.555. The standard InChI is InChI=1S/C21H24N6O3/c1-4-11-27-19-10-5-15(12-18(19)25-26-27)21(30)22-13(2)20(29)24-17-8-6-16(7-9-17)23-14(3)28/h5-10,12-13H,4,11H2,1-3H3,(H,22,30)(H,23,28)(H,24,29). The Balaban J connectivity index is 1.61. The molecule has 156 valence electrons. The molecule has 1 unspecified atom stereocenters. The smallest absolute Gasteiger partial charge is 0.251 e. The molecule has 1 heterocycles. The lowest BCUT2D eigenvalue weighted by atomic mass is 10.1. The second-order valence-corrected chi connectivity index (χ2v) is 6.96. The predicted octanol–water partition coefficient (Wildman–Crippen LogP) is 2.56. The van der Waals surface area contributed by atoms with E-state index in [1.54, 1.807) is 54.1 Å². The number of aryl methyl sites for hydroxylation is 1. The van der Waals surface area contributed by atoms with E-state index >= 15 is 0 Å². The minimum absolute atomic E-state index is 0.172. The van der Waals surface area contributed by atoms with Crippen LogP contribution in [0, 0.1) is 0 Å². The van der Waals surface area contributed by atoms with Crippen LogP contribution in [-0.4, -0.2) is 38.8 Å². The van der Waals surface area contributed by atoms with Crippen LogP contribution in [0.3, 0.4) is 0 Å². The second kappa shape index (κ2) is 9.17. The first kappa shape index (κ1) is 21.0. The number of nitrogens with zero attached hydrogens (tertiary/aromatic N) is 3. The van der Waals surface area contributed by atoms with Crippen LogP contribution < -0.4 is 16.0 Å². The van der Waals surface area contributed by atoms with Crippen molar-refractivity contribution in [3.63, 3.8) is 0 Å². The summed E-state index contributed by atoms with van der Waals surface area (Å²) in [7, 11) is 0. The molecule has 3 aromatic rings. The van der Waals surface area contributed by atoms with Gasteiger partial charge in [-0.3, -0.25) is 14.4 Å². The fraction of sp³-hybridized carbons (Fsp3) is 0.286. The molecule has 0 aliphatic rings. The summed E-state index contributed by atoms with van der Waals surface area (Å²) in [6, 6.07) is 11.1. The Hall–Kier alpha value is -3.75. The van der Waals surface area contributed by atoms with E-state index in [1.165, 1.54) is 6.92 Å². The van der Waals surface area contributed by atoms with Crippen molar-refractivity contribution < 1.29 is 14.4 Å². The van der Waals surface area contributed by atoms with E-state index in [0.29, 0.717) is 22.5 Å². The predicted molar refractivity (Wildman–Crippen MR) is 114 cm³/mol. The minimum Gasteiger partial charge on any atom is -0.341 e. The second-order valence-electron chi connectivity index (χ2n) is 6.96. The van der Waals surface area contributed by atoms with E-state index in [-0.39, 0.29) is 17.7 Å². The third-order valence-electron chi connectivity index (χ3n) is 4.43. The third-order valence-corrected chi connectivity index (χ3v) is 4.43. The van der Waals surface area contributed by atoms with Gasteiger partial charge in [-0.2, -0.15) is 0 Å². The summed E-state index contributed by atoms with van der Waals surface area (Å²) in [6.45, 7) is 5.84. The fourth-order valence-corrected chi connectivity index (χ4v) is 2.93. The minimum atomic E-state index is -0.751. The highest BCUT2D eigenvalue weighted by molar-refractivity contribution is 6.02. The zero-order chi connectivity index (χ0) is 21.7. The van der Waals surface area contributed by atoms with E-state index in [4.69, 9.17) is 0 Å². The Morgan fingerprint density at radius 2 is 1.70 bits per heavy atom. The monoisotopic (exact) mass is 408 g/mol. The number of benzene rings is 2. The number of carbonyl (C=O) groups is 3. The van der Waals surface area contributed by atoms with Crippen molar-refractivity contribution >= 4 is 40.1 Å². The van der Waals surface area contributed by atoms with Gasteiger partial charge in [0.2, 0.25) is 11.8 Å². The highest BCUT2D eigenvalue weighted by Crippen LogP contribution is 2.15. The van der Waals surface area contributed by atoms with Gasteiger partial charge in [0.1, 0.15) is 11.6 Å². The van der Waals surface area contributed by atoms with Crippen LogP contribution in [0.4, 0.5) is 11.4 Å². The fourth-order valence-electron chi connectivity index (χ4n) is 2.93. The van der Waals surface area contributed by atoms with Crippen LogP contribution in [0.2, 0.25) is 0 Å². The Morgan fingerprint density at radius 1 is 1.03 bits per heavy atom. The van der Waals surface area contributed by atoms with Crippen molar-refractivity contribution in [2.45, 2.75) is 39.8 Å². The SMILES string of the molecule is CCCn1nnc2cc(C(=O)NC(C)C(=O)Nc3ccc(NC(C)=O)cc3)ccc21. The summed E-state index contributed by atoms with van der Waals surface area (Å²) in [5, 5.41) is 16.3. The first-order valence-electron chi connectivity index (χ1n) is 9.70. The molecule has 0 aliphatic carbocycles. The number of amides is 3. The van der Waals surface area contributed by atoms with Gasteiger partial charge in [0.25, 0.3) is 5.91 Å². The van der Waals surface area contributed by atoms with E-state index in [9.17, 15) is 14.4 Å². The molecule has 9 nitrogen and oxygen atoms in total. The van der Waals surface area contributed by atoms with Gasteiger partial charge < -0.3 is 16.0 Å². The first-order chi connectivity index (χ1) is 14.4. The van der Waals surface area contributed by atoms with Crippen LogP contribution in [0.15, 0.2) is 42.5 Å². The molecule has 0 spiro atoms. The first-order valence-corrected chi connectivity index (χ1v) is 9.70. The number of aromatic nitrogens is 3. The third kappa shape index (κ3) is 4.99. The molecule has 3 rings (SSSR count). The van der Waals surface area contributed by atoms with Gasteiger partial charge in [-0.15, -0.1) is 5.10 Å². The van der Waals surface area contributed by atoms with Crippen molar-refractivity contribution in [2.75, 3.05) is 10.6 Å². The molecule has 1 aromatic heterocycles. The maximum Gasteiger partial charge on any atom is 0.251 e. The average Bonchev–Trinajstić information content (AvgIpc) is 3.11. The van der Waals surface area contributed by atoms with Gasteiger partial charge in [0, 0.05) is 30.4 Å². The summed E-state index contributed by atoms with van der Waals surface area (Å²) >= 11 is 0. The van der Waals surface area contributed by atoms with Crippen molar-refractivity contribution in [1.82, 2.24) is 20.3 Å². The Kier molecular flexibility index (Phi) is 6.41. The number of rotatable bonds is 7. The summed E-state index contributed by atoms with van der Waals surface area (Å²) in [6.07, 6.45) is 0.934. The number of nitrogens with one attached hydrogen (secondary N) is 3. The van der Waals surface area contributed by atoms with E-state index in [1.807, 2.05) is 0 Å². The van der Waals surface area contributed by atoms with E-state index in [0.717, 1.165) is 18.5 Å². The molecule has 0 saturated heterocycles. The maximum absolute atomic E-state index is 12.5. The largest absolute Gasteiger partial charge is 0.341 e. The Labute approximate surface area is 173 Å². The molecule has 0 saturated carbocycles. The molecule has 0 fully saturated rings. The van der Waals surface area contributed by atoms with Gasteiger partial charge in [0.05, 0.1) is 5.52 Å². The summed E-state index contributed by atoms with van der Waals surface area (Å²) in [5.41, 5.74) is 3.09. The lowest BCUT2D eigenvalue weighted by molar-refractivity contribution is -0.117. The van der Waals surface area contributed by atoms with Crippen molar-refractivity contribution in [3.05, 3.63) is 48.0 Å². The van der Waals surface area contributed by atoms with E-state index in [2.05, 4.69) is 33.2 Å². The van der Waals surface area contributed by atoms with Gasteiger partial charge in [-0.05, 0) is 55.8 Å². The topological polar surface area (TPSA) is 118 Å². The zero-order valence-corrected chi connectivity index (χ0v) is 17.1. The molecular formula is C21H24N6O3. The van der Waals surface area contributed by atoms with Crippen LogP contribution in [-0.2, 0) is 16.1 Å². The van der Waals surface area contributed by atoms with Crippen LogP contribution in [0.1, 0.15) is 37.6 Å².